The highest BCUT2D eigenvalue weighted by molar-refractivity contribution is 5.97. The first-order chi connectivity index (χ1) is 12.6. The summed E-state index contributed by atoms with van der Waals surface area (Å²) in [5.74, 6) is 1.19. The normalized spacial score (nSPS) is 14.9. The average molecular weight is 356 g/mol. The van der Waals surface area contributed by atoms with E-state index < -0.39 is 0 Å². The van der Waals surface area contributed by atoms with E-state index >= 15 is 0 Å². The first-order valence-corrected chi connectivity index (χ1v) is 8.62. The molecule has 0 atom stereocenters. The summed E-state index contributed by atoms with van der Waals surface area (Å²) in [6, 6.07) is 12.8. The number of benzene rings is 2. The van der Waals surface area contributed by atoms with Gasteiger partial charge in [0.1, 0.15) is 17.2 Å². The van der Waals surface area contributed by atoms with E-state index in [1.807, 2.05) is 12.1 Å². The summed E-state index contributed by atoms with van der Waals surface area (Å²) < 4.78 is 10.2. The number of phenols is 1. The summed E-state index contributed by atoms with van der Waals surface area (Å²) >= 11 is 0. The lowest BCUT2D eigenvalue weighted by Gasteiger charge is -2.35. The number of phenolic OH excluding ortho intramolecular Hbond substituents is 1. The molecule has 6 heteroatoms. The van der Waals surface area contributed by atoms with Crippen LogP contribution in [0.4, 0.5) is 0 Å². The maximum Gasteiger partial charge on any atom is 0.257 e. The summed E-state index contributed by atoms with van der Waals surface area (Å²) in [6.07, 6.45) is 0. The molecule has 0 saturated carbocycles. The number of nitrogens with zero attached hydrogens (tertiary/aromatic N) is 2. The Balaban J connectivity index is 1.56. The predicted molar refractivity (Wildman–Crippen MR) is 98.8 cm³/mol. The van der Waals surface area contributed by atoms with Gasteiger partial charge < -0.3 is 19.5 Å². The maximum absolute atomic E-state index is 12.6. The van der Waals surface area contributed by atoms with Gasteiger partial charge in [-0.2, -0.15) is 0 Å². The number of ether oxygens (including phenoxy) is 2. The van der Waals surface area contributed by atoms with Crippen molar-refractivity contribution in [3.8, 4) is 17.2 Å². The maximum atomic E-state index is 12.6. The van der Waals surface area contributed by atoms with Crippen LogP contribution in [0.2, 0.25) is 0 Å². The molecular weight excluding hydrogens is 332 g/mol. The first kappa shape index (κ1) is 18.1. The highest BCUT2D eigenvalue weighted by Gasteiger charge is 2.24. The van der Waals surface area contributed by atoms with Gasteiger partial charge in [-0.25, -0.2) is 0 Å². The Morgan fingerprint density at radius 3 is 2.15 bits per heavy atom. The van der Waals surface area contributed by atoms with Crippen LogP contribution in [0.25, 0.3) is 0 Å². The number of amides is 1. The lowest BCUT2D eigenvalue weighted by molar-refractivity contribution is 0.0625. The Labute approximate surface area is 153 Å². The monoisotopic (exact) mass is 356 g/mol. The fourth-order valence-electron chi connectivity index (χ4n) is 3.09. The van der Waals surface area contributed by atoms with Crippen LogP contribution >= 0.6 is 0 Å². The molecule has 2 aromatic carbocycles. The zero-order chi connectivity index (χ0) is 18.5. The van der Waals surface area contributed by atoms with Crippen molar-refractivity contribution in [1.29, 1.82) is 0 Å². The molecule has 6 nitrogen and oxygen atoms in total. The predicted octanol–water partition coefficient (Wildman–Crippen LogP) is 2.37. The third kappa shape index (κ3) is 4.08. The van der Waals surface area contributed by atoms with Gasteiger partial charge in [0.05, 0.1) is 19.8 Å². The van der Waals surface area contributed by atoms with Crippen LogP contribution in [-0.4, -0.2) is 61.2 Å². The Bertz CT molecular complexity index is 753. The molecule has 1 heterocycles. The molecule has 1 aliphatic rings. The molecule has 26 heavy (non-hydrogen) atoms. The minimum atomic E-state index is -0.144. The molecule has 2 aromatic rings. The Morgan fingerprint density at radius 1 is 0.962 bits per heavy atom. The highest BCUT2D eigenvalue weighted by atomic mass is 16.5. The number of hydrogen-bond acceptors (Lipinski definition) is 5. The van der Waals surface area contributed by atoms with Gasteiger partial charge in [0.15, 0.2) is 0 Å². The summed E-state index contributed by atoms with van der Waals surface area (Å²) in [5.41, 5.74) is 1.53. The van der Waals surface area contributed by atoms with E-state index in [0.29, 0.717) is 24.4 Å². The molecule has 3 rings (SSSR count). The average Bonchev–Trinajstić information content (AvgIpc) is 2.68. The summed E-state index contributed by atoms with van der Waals surface area (Å²) in [5, 5.41) is 10.1. The zero-order valence-electron chi connectivity index (χ0n) is 15.1. The molecular formula is C20H24N2O4. The van der Waals surface area contributed by atoms with E-state index in [9.17, 15) is 9.90 Å². The number of carbonyl (C=O) groups is 1. The minimum absolute atomic E-state index is 0.0463. The standard InChI is InChI=1S/C20H24N2O4/c1-25-16-5-3-15(4-6-16)14-21-9-11-22(12-10-21)20(24)18-8-7-17(26-2)13-19(18)23/h3-8,13,23H,9-12,14H2,1-2H3. The molecule has 1 aliphatic heterocycles. The molecule has 0 radical (unpaired) electrons. The lowest BCUT2D eigenvalue weighted by Crippen LogP contribution is -2.48. The van der Waals surface area contributed by atoms with Gasteiger partial charge >= 0.3 is 0 Å². The van der Waals surface area contributed by atoms with Crippen molar-refractivity contribution in [2.75, 3.05) is 40.4 Å². The van der Waals surface area contributed by atoms with Gasteiger partial charge in [-0.1, -0.05) is 12.1 Å². The third-order valence-electron chi connectivity index (χ3n) is 4.66. The lowest BCUT2D eigenvalue weighted by atomic mass is 10.1. The number of hydrogen-bond donors (Lipinski definition) is 1. The molecule has 138 valence electrons. The summed E-state index contributed by atoms with van der Waals surface area (Å²) in [7, 11) is 3.18. The summed E-state index contributed by atoms with van der Waals surface area (Å²) in [6.45, 7) is 3.73. The number of methoxy groups -OCH3 is 2. The smallest absolute Gasteiger partial charge is 0.257 e. The van der Waals surface area contributed by atoms with Crippen LogP contribution in [0.3, 0.4) is 0 Å². The van der Waals surface area contributed by atoms with Crippen molar-refractivity contribution in [3.63, 3.8) is 0 Å². The van der Waals surface area contributed by atoms with Crippen LogP contribution in [-0.2, 0) is 6.54 Å². The molecule has 1 saturated heterocycles. The molecule has 0 spiro atoms. The van der Waals surface area contributed by atoms with Crippen LogP contribution in [0.5, 0.6) is 17.2 Å². The number of carbonyl (C=O) groups excluding carboxylic acids is 1. The van der Waals surface area contributed by atoms with Crippen molar-refractivity contribution in [2.45, 2.75) is 6.54 Å². The topological polar surface area (TPSA) is 62.2 Å². The molecule has 0 aromatic heterocycles. The second-order valence-corrected chi connectivity index (χ2v) is 6.30. The second-order valence-electron chi connectivity index (χ2n) is 6.30. The fourth-order valence-corrected chi connectivity index (χ4v) is 3.09. The molecule has 1 fully saturated rings. The zero-order valence-corrected chi connectivity index (χ0v) is 15.1. The molecule has 0 bridgehead atoms. The molecule has 0 aliphatic carbocycles. The quantitative estimate of drug-likeness (QED) is 0.891. The first-order valence-electron chi connectivity index (χ1n) is 8.62. The summed E-state index contributed by atoms with van der Waals surface area (Å²) in [4.78, 5) is 16.8. The SMILES string of the molecule is COc1ccc(CN2CCN(C(=O)c3ccc(OC)cc3O)CC2)cc1. The van der Waals surface area contributed by atoms with Gasteiger partial charge in [0.2, 0.25) is 0 Å². The van der Waals surface area contributed by atoms with E-state index in [1.165, 1.54) is 18.7 Å². The molecule has 1 N–H and O–H groups in total. The van der Waals surface area contributed by atoms with E-state index in [4.69, 9.17) is 9.47 Å². The van der Waals surface area contributed by atoms with Crippen molar-refractivity contribution in [2.24, 2.45) is 0 Å². The largest absolute Gasteiger partial charge is 0.507 e. The van der Waals surface area contributed by atoms with Gasteiger partial charge in [-0.3, -0.25) is 9.69 Å². The molecule has 1 amide bonds. The van der Waals surface area contributed by atoms with Gasteiger partial charge in [0, 0.05) is 38.8 Å². The van der Waals surface area contributed by atoms with Crippen LogP contribution in [0, 0.1) is 0 Å². The second kappa shape index (κ2) is 8.10. The highest BCUT2D eigenvalue weighted by Crippen LogP contribution is 2.25. The Hall–Kier alpha value is -2.73. The van der Waals surface area contributed by atoms with Crippen molar-refractivity contribution < 1.29 is 19.4 Å². The van der Waals surface area contributed by atoms with Gasteiger partial charge in [-0.05, 0) is 29.8 Å². The Kier molecular flexibility index (Phi) is 5.63. The third-order valence-corrected chi connectivity index (χ3v) is 4.66. The number of aromatic hydroxyl groups is 1. The van der Waals surface area contributed by atoms with Crippen molar-refractivity contribution in [3.05, 3.63) is 53.6 Å². The van der Waals surface area contributed by atoms with Crippen LogP contribution < -0.4 is 9.47 Å². The van der Waals surface area contributed by atoms with Crippen LogP contribution in [0.1, 0.15) is 15.9 Å². The number of rotatable bonds is 5. The minimum Gasteiger partial charge on any atom is -0.507 e. The van der Waals surface area contributed by atoms with Gasteiger partial charge in [-0.15, -0.1) is 0 Å². The Morgan fingerprint density at radius 2 is 1.58 bits per heavy atom. The van der Waals surface area contributed by atoms with Crippen molar-refractivity contribution >= 4 is 5.91 Å². The van der Waals surface area contributed by atoms with E-state index in [1.54, 1.807) is 24.1 Å². The van der Waals surface area contributed by atoms with E-state index in [2.05, 4.69) is 17.0 Å². The van der Waals surface area contributed by atoms with Gasteiger partial charge in [0.25, 0.3) is 5.91 Å². The number of piperazine rings is 1. The van der Waals surface area contributed by atoms with E-state index in [0.717, 1.165) is 25.4 Å². The fraction of sp³-hybridized carbons (Fsp3) is 0.350. The van der Waals surface area contributed by atoms with Crippen molar-refractivity contribution in [1.82, 2.24) is 9.80 Å². The van der Waals surface area contributed by atoms with Crippen LogP contribution in [0.15, 0.2) is 42.5 Å². The molecule has 0 unspecified atom stereocenters. The van der Waals surface area contributed by atoms with E-state index in [-0.39, 0.29) is 11.7 Å².